The minimum Gasteiger partial charge on any atom is -0.490 e. The molecule has 164 valence electrons. The first-order valence-corrected chi connectivity index (χ1v) is 11.6. The van der Waals surface area contributed by atoms with Crippen molar-refractivity contribution in [2.45, 2.75) is 20.5 Å². The first-order chi connectivity index (χ1) is 14.8. The topological polar surface area (TPSA) is 42.0 Å². The number of likely N-dealkylation sites (N-methyl/N-ethyl adjacent to an activating group) is 2. The van der Waals surface area contributed by atoms with Gasteiger partial charge in [-0.2, -0.15) is 0 Å². The van der Waals surface area contributed by atoms with Crippen LogP contribution in [0.25, 0.3) is 6.08 Å². The zero-order valence-electron chi connectivity index (χ0n) is 17.2. The zero-order valence-corrected chi connectivity index (χ0v) is 21.2. The molecule has 0 unspecified atom stereocenters. The number of thiocarbonyl (C=S) groups is 1. The molecule has 1 fully saturated rings. The summed E-state index contributed by atoms with van der Waals surface area (Å²) in [7, 11) is 1.79. The summed E-state index contributed by atoms with van der Waals surface area (Å²) in [6.45, 7) is 5.01. The molecule has 0 radical (unpaired) electrons. The number of amides is 1. The first-order valence-electron chi connectivity index (χ1n) is 9.61. The van der Waals surface area contributed by atoms with Crippen molar-refractivity contribution in [1.29, 1.82) is 0 Å². The molecule has 2 aromatic carbocycles. The van der Waals surface area contributed by atoms with Crippen LogP contribution in [0.2, 0.25) is 10.0 Å². The molecule has 0 N–H and O–H groups in total. The summed E-state index contributed by atoms with van der Waals surface area (Å²) >= 11 is 21.1. The molecule has 9 heteroatoms. The van der Waals surface area contributed by atoms with Crippen molar-refractivity contribution >= 4 is 68.4 Å². The average molecular weight is 544 g/mol. The molecule has 5 nitrogen and oxygen atoms in total. The molecule has 31 heavy (non-hydrogen) atoms. The molecule has 1 heterocycles. The number of halogens is 3. The molecular weight excluding hydrogens is 523 g/mol. The van der Waals surface area contributed by atoms with Crippen LogP contribution in [0.1, 0.15) is 25.0 Å². The van der Waals surface area contributed by atoms with Gasteiger partial charge in [0.25, 0.3) is 5.91 Å². The number of carbonyl (C=O) groups is 1. The predicted molar refractivity (Wildman–Crippen MR) is 132 cm³/mol. The second-order valence-electron chi connectivity index (χ2n) is 6.71. The molecule has 0 aromatic heterocycles. The van der Waals surface area contributed by atoms with Crippen LogP contribution >= 0.6 is 51.3 Å². The van der Waals surface area contributed by atoms with E-state index in [0.29, 0.717) is 50.0 Å². The molecule has 2 aromatic rings. The smallest absolute Gasteiger partial charge is 0.276 e. The maximum absolute atomic E-state index is 12.7. The van der Waals surface area contributed by atoms with E-state index < -0.39 is 0 Å². The largest absolute Gasteiger partial charge is 0.490 e. The third kappa shape index (κ3) is 5.17. The Hall–Kier alpha value is -1.80. The molecule has 0 spiro atoms. The zero-order chi connectivity index (χ0) is 22.7. The lowest BCUT2D eigenvalue weighted by atomic mass is 10.1. The third-order valence-electron chi connectivity index (χ3n) is 4.68. The van der Waals surface area contributed by atoms with Crippen molar-refractivity contribution in [1.82, 2.24) is 9.80 Å². The Labute approximate surface area is 205 Å². The highest BCUT2D eigenvalue weighted by Crippen LogP contribution is 2.39. The van der Waals surface area contributed by atoms with Gasteiger partial charge in [-0.05, 0) is 77.9 Å². The van der Waals surface area contributed by atoms with E-state index in [4.69, 9.17) is 44.9 Å². The van der Waals surface area contributed by atoms with Crippen molar-refractivity contribution in [3.63, 3.8) is 0 Å². The minimum absolute atomic E-state index is 0.123. The van der Waals surface area contributed by atoms with E-state index in [1.165, 1.54) is 0 Å². The van der Waals surface area contributed by atoms with Gasteiger partial charge in [-0.1, -0.05) is 29.3 Å². The number of hydrogen-bond acceptors (Lipinski definition) is 4. The molecule has 1 aliphatic heterocycles. The number of benzene rings is 2. The Balaban J connectivity index is 1.92. The van der Waals surface area contributed by atoms with Gasteiger partial charge < -0.3 is 14.4 Å². The Bertz CT molecular complexity index is 1060. The van der Waals surface area contributed by atoms with Gasteiger partial charge >= 0.3 is 0 Å². The first kappa shape index (κ1) is 23.9. The van der Waals surface area contributed by atoms with E-state index in [2.05, 4.69) is 15.9 Å². The summed E-state index contributed by atoms with van der Waals surface area (Å²) < 4.78 is 12.5. The van der Waals surface area contributed by atoms with E-state index in [-0.39, 0.29) is 12.5 Å². The van der Waals surface area contributed by atoms with Crippen LogP contribution in [0.3, 0.4) is 0 Å². The molecular formula is C22H21BrCl2N2O3S. The highest BCUT2D eigenvalue weighted by Gasteiger charge is 2.34. The highest BCUT2D eigenvalue weighted by molar-refractivity contribution is 9.10. The van der Waals surface area contributed by atoms with Crippen LogP contribution in [0.15, 0.2) is 40.5 Å². The summed E-state index contributed by atoms with van der Waals surface area (Å²) in [4.78, 5) is 16.0. The van der Waals surface area contributed by atoms with Gasteiger partial charge in [-0.15, -0.1) is 0 Å². The molecule has 0 bridgehead atoms. The Kier molecular flexibility index (Phi) is 7.86. The average Bonchev–Trinajstić information content (AvgIpc) is 2.91. The fourth-order valence-corrected chi connectivity index (χ4v) is 4.46. The van der Waals surface area contributed by atoms with Gasteiger partial charge in [0, 0.05) is 29.2 Å². The SMILES string of the molecule is CCOc1cc(/C=C2/C(=O)N(CC)C(=S)N2C)cc(Br)c1OCc1ccc(Cl)cc1Cl. The fraction of sp³-hybridized carbons (Fsp3) is 0.273. The van der Waals surface area contributed by atoms with Crippen LogP contribution in [-0.2, 0) is 11.4 Å². The van der Waals surface area contributed by atoms with Crippen molar-refractivity contribution < 1.29 is 14.3 Å². The van der Waals surface area contributed by atoms with Crippen molar-refractivity contribution in [3.05, 3.63) is 61.7 Å². The second-order valence-corrected chi connectivity index (χ2v) is 8.77. The number of hydrogen-bond donors (Lipinski definition) is 0. The highest BCUT2D eigenvalue weighted by atomic mass is 79.9. The summed E-state index contributed by atoms with van der Waals surface area (Å²) in [6, 6.07) is 8.96. The lowest BCUT2D eigenvalue weighted by molar-refractivity contribution is -0.122. The maximum atomic E-state index is 12.7. The van der Waals surface area contributed by atoms with Crippen LogP contribution < -0.4 is 9.47 Å². The summed E-state index contributed by atoms with van der Waals surface area (Å²) in [6.07, 6.45) is 1.79. The van der Waals surface area contributed by atoms with E-state index in [9.17, 15) is 4.79 Å². The van der Waals surface area contributed by atoms with E-state index in [1.54, 1.807) is 35.1 Å². The lowest BCUT2D eigenvalue weighted by Crippen LogP contribution is -2.30. The van der Waals surface area contributed by atoms with Gasteiger partial charge in [-0.25, -0.2) is 0 Å². The molecule has 1 aliphatic rings. The monoisotopic (exact) mass is 542 g/mol. The number of ether oxygens (including phenoxy) is 2. The van der Waals surface area contributed by atoms with E-state index >= 15 is 0 Å². The fourth-order valence-electron chi connectivity index (χ4n) is 3.11. The Morgan fingerprint density at radius 2 is 1.90 bits per heavy atom. The molecule has 1 saturated heterocycles. The van der Waals surface area contributed by atoms with E-state index in [0.717, 1.165) is 11.1 Å². The lowest BCUT2D eigenvalue weighted by Gasteiger charge is -2.16. The molecule has 0 atom stereocenters. The summed E-state index contributed by atoms with van der Waals surface area (Å²) in [5, 5.41) is 1.58. The van der Waals surface area contributed by atoms with Gasteiger partial charge in [0.2, 0.25) is 0 Å². The van der Waals surface area contributed by atoms with Gasteiger partial charge in [0.05, 0.1) is 11.1 Å². The summed E-state index contributed by atoms with van der Waals surface area (Å²) in [5.74, 6) is 0.977. The Morgan fingerprint density at radius 3 is 2.52 bits per heavy atom. The number of nitrogens with zero attached hydrogens (tertiary/aromatic N) is 2. The molecule has 0 aliphatic carbocycles. The normalized spacial score (nSPS) is 15.2. The standard InChI is InChI=1S/C22H21BrCl2N2O3S/c1-4-27-21(28)18(26(3)22(27)31)9-13-8-16(23)20(19(10-13)29-5-2)30-12-14-6-7-15(24)11-17(14)25/h6-11H,4-5,12H2,1-3H3/b18-9-. The van der Waals surface area contributed by atoms with Crippen LogP contribution in [-0.4, -0.2) is 41.0 Å². The maximum Gasteiger partial charge on any atom is 0.276 e. The van der Waals surface area contributed by atoms with Gasteiger partial charge in [0.1, 0.15) is 12.3 Å². The number of carbonyl (C=O) groups excluding carboxylic acids is 1. The second kappa shape index (κ2) is 10.2. The number of rotatable bonds is 7. The Morgan fingerprint density at radius 1 is 1.16 bits per heavy atom. The quantitative estimate of drug-likeness (QED) is 0.309. The summed E-state index contributed by atoms with van der Waals surface area (Å²) in [5.41, 5.74) is 2.09. The van der Waals surface area contributed by atoms with Gasteiger partial charge in [-0.3, -0.25) is 9.69 Å². The van der Waals surface area contributed by atoms with Gasteiger partial charge in [0.15, 0.2) is 16.6 Å². The minimum atomic E-state index is -0.123. The van der Waals surface area contributed by atoms with Crippen molar-refractivity contribution in [2.24, 2.45) is 0 Å². The van der Waals surface area contributed by atoms with Crippen molar-refractivity contribution in [3.8, 4) is 11.5 Å². The van der Waals surface area contributed by atoms with E-state index in [1.807, 2.05) is 32.0 Å². The van der Waals surface area contributed by atoms with Crippen LogP contribution in [0, 0.1) is 0 Å². The van der Waals surface area contributed by atoms with Crippen LogP contribution in [0.5, 0.6) is 11.5 Å². The van der Waals surface area contributed by atoms with Crippen LogP contribution in [0.4, 0.5) is 0 Å². The predicted octanol–water partition coefficient (Wildman–Crippen LogP) is 6.15. The molecule has 0 saturated carbocycles. The van der Waals surface area contributed by atoms with Crippen molar-refractivity contribution in [2.75, 3.05) is 20.2 Å². The third-order valence-corrected chi connectivity index (χ3v) is 6.35. The molecule has 3 rings (SSSR count). The molecule has 1 amide bonds.